The first kappa shape index (κ1) is 13.1. The lowest BCUT2D eigenvalue weighted by atomic mass is 9.86. The molecule has 1 fully saturated rings. The minimum Gasteiger partial charge on any atom is -0.478 e. The van der Waals surface area contributed by atoms with Gasteiger partial charge in [-0.05, 0) is 30.9 Å². The largest absolute Gasteiger partial charge is 0.478 e. The molecule has 2 atom stereocenters. The third-order valence-corrected chi connectivity index (χ3v) is 3.68. The normalized spacial score (nSPS) is 23.7. The summed E-state index contributed by atoms with van der Waals surface area (Å²) in [4.78, 5) is 15.1. The summed E-state index contributed by atoms with van der Waals surface area (Å²) in [5, 5.41) is 12.5. The van der Waals surface area contributed by atoms with Gasteiger partial charge in [-0.3, -0.25) is 0 Å². The van der Waals surface area contributed by atoms with Crippen LogP contribution in [0.25, 0.3) is 0 Å². The molecule has 0 spiro atoms. The van der Waals surface area contributed by atoms with E-state index in [0.717, 1.165) is 6.42 Å². The number of nitrogens with one attached hydrogen (secondary N) is 1. The van der Waals surface area contributed by atoms with Crippen LogP contribution < -0.4 is 5.32 Å². The Labute approximate surface area is 111 Å². The maximum absolute atomic E-state index is 10.9. The van der Waals surface area contributed by atoms with E-state index >= 15 is 0 Å². The van der Waals surface area contributed by atoms with Crippen LogP contribution in [0.2, 0.25) is 5.15 Å². The number of aromatic carboxylic acids is 1. The SMILES string of the molecule is CC1CCCCC1Nc1cc(C(=O)O)cc(Cl)n1. The highest BCUT2D eigenvalue weighted by molar-refractivity contribution is 6.29. The Morgan fingerprint density at radius 2 is 2.17 bits per heavy atom. The lowest BCUT2D eigenvalue weighted by Gasteiger charge is -2.30. The van der Waals surface area contributed by atoms with Gasteiger partial charge in [0.2, 0.25) is 0 Å². The third-order valence-electron chi connectivity index (χ3n) is 3.49. The topological polar surface area (TPSA) is 62.2 Å². The first-order valence-electron chi connectivity index (χ1n) is 6.23. The van der Waals surface area contributed by atoms with Crippen molar-refractivity contribution < 1.29 is 9.90 Å². The fourth-order valence-electron chi connectivity index (χ4n) is 2.41. The number of nitrogens with zero attached hydrogens (tertiary/aromatic N) is 1. The first-order valence-corrected chi connectivity index (χ1v) is 6.61. The molecule has 98 valence electrons. The molecule has 0 radical (unpaired) electrons. The summed E-state index contributed by atoms with van der Waals surface area (Å²) in [6.07, 6.45) is 4.76. The molecule has 2 rings (SSSR count). The zero-order chi connectivity index (χ0) is 13.1. The van der Waals surface area contributed by atoms with E-state index in [9.17, 15) is 4.79 Å². The van der Waals surface area contributed by atoms with E-state index in [1.54, 1.807) is 0 Å². The van der Waals surface area contributed by atoms with Crippen LogP contribution >= 0.6 is 11.6 Å². The van der Waals surface area contributed by atoms with Gasteiger partial charge in [0.05, 0.1) is 5.56 Å². The molecule has 0 aliphatic heterocycles. The van der Waals surface area contributed by atoms with Gasteiger partial charge in [-0.15, -0.1) is 0 Å². The average molecular weight is 269 g/mol. The van der Waals surface area contributed by atoms with Crippen molar-refractivity contribution in [2.75, 3.05) is 5.32 Å². The summed E-state index contributed by atoms with van der Waals surface area (Å²) in [5.74, 6) is 0.144. The second kappa shape index (κ2) is 5.57. The van der Waals surface area contributed by atoms with Crippen molar-refractivity contribution in [1.82, 2.24) is 4.98 Å². The van der Waals surface area contributed by atoms with Crippen molar-refractivity contribution in [2.24, 2.45) is 5.92 Å². The zero-order valence-corrected chi connectivity index (χ0v) is 11.1. The summed E-state index contributed by atoms with van der Waals surface area (Å²) >= 11 is 5.83. The van der Waals surface area contributed by atoms with Crippen LogP contribution in [0.15, 0.2) is 12.1 Å². The number of anilines is 1. The lowest BCUT2D eigenvalue weighted by Crippen LogP contribution is -2.30. The fraction of sp³-hybridized carbons (Fsp3) is 0.538. The van der Waals surface area contributed by atoms with Gasteiger partial charge in [0.15, 0.2) is 0 Å². The van der Waals surface area contributed by atoms with Crippen LogP contribution in [0.1, 0.15) is 43.0 Å². The molecule has 18 heavy (non-hydrogen) atoms. The number of carboxylic acids is 1. The Bertz CT molecular complexity index is 451. The molecule has 1 aromatic heterocycles. The quantitative estimate of drug-likeness (QED) is 0.825. The van der Waals surface area contributed by atoms with E-state index in [1.807, 2.05) is 0 Å². The molecule has 1 saturated carbocycles. The third kappa shape index (κ3) is 3.13. The van der Waals surface area contributed by atoms with Crippen LogP contribution in [-0.4, -0.2) is 22.1 Å². The smallest absolute Gasteiger partial charge is 0.335 e. The molecule has 0 bridgehead atoms. The molecule has 0 aromatic carbocycles. The summed E-state index contributed by atoms with van der Waals surface area (Å²) in [7, 11) is 0. The maximum Gasteiger partial charge on any atom is 0.335 e. The molecule has 1 aromatic rings. The number of rotatable bonds is 3. The van der Waals surface area contributed by atoms with Gasteiger partial charge in [0.1, 0.15) is 11.0 Å². The predicted molar refractivity (Wildman–Crippen MR) is 71.2 cm³/mol. The molecule has 4 nitrogen and oxygen atoms in total. The van der Waals surface area contributed by atoms with Gasteiger partial charge in [-0.2, -0.15) is 0 Å². The highest BCUT2D eigenvalue weighted by Crippen LogP contribution is 2.27. The van der Waals surface area contributed by atoms with Gasteiger partial charge in [0.25, 0.3) is 0 Å². The number of hydrogen-bond donors (Lipinski definition) is 2. The number of pyridine rings is 1. The molecule has 0 amide bonds. The van der Waals surface area contributed by atoms with Crippen LogP contribution in [0, 0.1) is 5.92 Å². The van der Waals surface area contributed by atoms with E-state index in [1.165, 1.54) is 31.4 Å². The molecular formula is C13H17ClN2O2. The van der Waals surface area contributed by atoms with E-state index in [2.05, 4.69) is 17.2 Å². The van der Waals surface area contributed by atoms with Crippen LogP contribution in [0.5, 0.6) is 0 Å². The minimum absolute atomic E-state index is 0.168. The highest BCUT2D eigenvalue weighted by Gasteiger charge is 2.21. The van der Waals surface area contributed by atoms with Gasteiger partial charge < -0.3 is 10.4 Å². The number of carbonyl (C=O) groups is 1. The van der Waals surface area contributed by atoms with Crippen molar-refractivity contribution in [3.8, 4) is 0 Å². The standard InChI is InChI=1S/C13H17ClN2O2/c1-8-4-2-3-5-10(8)15-12-7-9(13(17)18)6-11(14)16-12/h6-8,10H,2-5H2,1H3,(H,15,16)(H,17,18). The van der Waals surface area contributed by atoms with Crippen LogP contribution in [-0.2, 0) is 0 Å². The average Bonchev–Trinajstić information content (AvgIpc) is 2.31. The Morgan fingerprint density at radius 3 is 2.83 bits per heavy atom. The molecule has 1 aliphatic rings. The van der Waals surface area contributed by atoms with E-state index in [4.69, 9.17) is 16.7 Å². The number of carboxylic acid groups (broad SMARTS) is 1. The number of aromatic nitrogens is 1. The Hall–Kier alpha value is -1.29. The Morgan fingerprint density at radius 1 is 1.44 bits per heavy atom. The van der Waals surface area contributed by atoms with E-state index in [0.29, 0.717) is 17.8 Å². The summed E-state index contributed by atoms with van der Waals surface area (Å²) < 4.78 is 0. The van der Waals surface area contributed by atoms with Crippen molar-refractivity contribution in [3.63, 3.8) is 0 Å². The van der Waals surface area contributed by atoms with Crippen molar-refractivity contribution in [1.29, 1.82) is 0 Å². The molecular weight excluding hydrogens is 252 g/mol. The Balaban J connectivity index is 2.15. The van der Waals surface area contributed by atoms with Gasteiger partial charge in [-0.25, -0.2) is 9.78 Å². The summed E-state index contributed by atoms with van der Waals surface area (Å²) in [6.45, 7) is 2.21. The Kier molecular flexibility index (Phi) is 4.07. The first-order chi connectivity index (χ1) is 8.56. The van der Waals surface area contributed by atoms with Crippen molar-refractivity contribution in [2.45, 2.75) is 38.6 Å². The minimum atomic E-state index is -0.987. The van der Waals surface area contributed by atoms with Crippen LogP contribution in [0.3, 0.4) is 0 Å². The second-order valence-electron chi connectivity index (χ2n) is 4.88. The van der Waals surface area contributed by atoms with Gasteiger partial charge in [-0.1, -0.05) is 31.4 Å². The van der Waals surface area contributed by atoms with Crippen molar-refractivity contribution in [3.05, 3.63) is 22.8 Å². The molecule has 2 unspecified atom stereocenters. The molecule has 5 heteroatoms. The second-order valence-corrected chi connectivity index (χ2v) is 5.27. The lowest BCUT2D eigenvalue weighted by molar-refractivity contribution is 0.0697. The van der Waals surface area contributed by atoms with Gasteiger partial charge >= 0.3 is 5.97 Å². The monoisotopic (exact) mass is 268 g/mol. The van der Waals surface area contributed by atoms with Crippen LogP contribution in [0.4, 0.5) is 5.82 Å². The molecule has 2 N–H and O–H groups in total. The number of hydrogen-bond acceptors (Lipinski definition) is 3. The van der Waals surface area contributed by atoms with E-state index in [-0.39, 0.29) is 10.7 Å². The van der Waals surface area contributed by atoms with E-state index < -0.39 is 5.97 Å². The summed E-state index contributed by atoms with van der Waals surface area (Å²) in [5.41, 5.74) is 0.168. The maximum atomic E-state index is 10.9. The molecule has 1 aliphatic carbocycles. The highest BCUT2D eigenvalue weighted by atomic mass is 35.5. The fourth-order valence-corrected chi connectivity index (χ4v) is 2.62. The van der Waals surface area contributed by atoms with Crippen molar-refractivity contribution >= 4 is 23.4 Å². The summed E-state index contributed by atoms with van der Waals surface area (Å²) in [6, 6.07) is 3.25. The predicted octanol–water partition coefficient (Wildman–Crippen LogP) is 3.42. The van der Waals surface area contributed by atoms with Gasteiger partial charge in [0, 0.05) is 6.04 Å². The zero-order valence-electron chi connectivity index (χ0n) is 10.3. The molecule has 0 saturated heterocycles. The number of halogens is 1. The molecule has 1 heterocycles.